The molecule has 3 fully saturated rings. The van der Waals surface area contributed by atoms with Crippen molar-refractivity contribution in [2.75, 3.05) is 19.8 Å². The van der Waals surface area contributed by atoms with E-state index < -0.39 is 12.0 Å². The van der Waals surface area contributed by atoms with E-state index in [1.807, 2.05) is 25.1 Å². The molecule has 1 aromatic carbocycles. The van der Waals surface area contributed by atoms with E-state index in [4.69, 9.17) is 14.2 Å². The minimum atomic E-state index is -1.44. The average Bonchev–Trinajstić information content (AvgIpc) is 2.84. The number of allylic oxidation sites excluding steroid dienone is 1. The average molecular weight is 463 g/mol. The van der Waals surface area contributed by atoms with Gasteiger partial charge in [-0.05, 0) is 68.4 Å². The second-order valence-corrected chi connectivity index (χ2v) is 10.4. The highest BCUT2D eigenvalue weighted by Gasteiger charge is 2.37. The number of alkyl halides is 1. The Bertz CT molecular complexity index is 758. The fourth-order valence-corrected chi connectivity index (χ4v) is 5.94. The van der Waals surface area contributed by atoms with Crippen molar-refractivity contribution < 1.29 is 23.0 Å². The Hall–Kier alpha value is -1.30. The van der Waals surface area contributed by atoms with Crippen LogP contribution in [0.15, 0.2) is 30.9 Å². The van der Waals surface area contributed by atoms with E-state index in [0.29, 0.717) is 36.2 Å². The molecule has 3 aliphatic rings. The van der Waals surface area contributed by atoms with Crippen LogP contribution in [0, 0.1) is 17.7 Å². The topological polar surface area (TPSA) is 27.7 Å². The second kappa shape index (κ2) is 11.4. The Morgan fingerprint density at radius 1 is 1.06 bits per heavy atom. The van der Waals surface area contributed by atoms with Crippen molar-refractivity contribution in [3.8, 4) is 0 Å². The van der Waals surface area contributed by atoms with Crippen LogP contribution < -0.4 is 0 Å². The van der Waals surface area contributed by atoms with Gasteiger partial charge in [0.2, 0.25) is 0 Å². The third kappa shape index (κ3) is 6.23. The maximum atomic E-state index is 15.0. The maximum Gasteiger partial charge on any atom is 0.184 e. The minimum absolute atomic E-state index is 0.0110. The SMILES string of the molecule is C=CCCC1CCC(C2CCC(c3ccc(C4OCC(F)(CCC)CO4)cc3F)CO2)CC1. The number of ether oxygens (including phenoxy) is 3. The van der Waals surface area contributed by atoms with Gasteiger partial charge in [0.1, 0.15) is 5.82 Å². The number of hydrogen-bond donors (Lipinski definition) is 0. The molecule has 1 saturated carbocycles. The number of benzene rings is 1. The summed E-state index contributed by atoms with van der Waals surface area (Å²) in [5, 5.41) is 0. The molecule has 1 aliphatic carbocycles. The summed E-state index contributed by atoms with van der Waals surface area (Å²) < 4.78 is 47.0. The largest absolute Gasteiger partial charge is 0.377 e. The summed E-state index contributed by atoms with van der Waals surface area (Å²) in [7, 11) is 0. The summed E-state index contributed by atoms with van der Waals surface area (Å²) in [6.45, 7) is 6.33. The first-order chi connectivity index (χ1) is 16.0. The zero-order chi connectivity index (χ0) is 23.3. The van der Waals surface area contributed by atoms with Gasteiger partial charge in [-0.25, -0.2) is 8.78 Å². The molecule has 0 aromatic heterocycles. The zero-order valence-electron chi connectivity index (χ0n) is 20.1. The van der Waals surface area contributed by atoms with Crippen molar-refractivity contribution in [1.82, 2.24) is 0 Å². The predicted molar refractivity (Wildman–Crippen MR) is 126 cm³/mol. The molecule has 3 nitrogen and oxygen atoms in total. The summed E-state index contributed by atoms with van der Waals surface area (Å²) >= 11 is 0. The molecule has 0 radical (unpaired) electrons. The van der Waals surface area contributed by atoms with E-state index in [9.17, 15) is 4.39 Å². The lowest BCUT2D eigenvalue weighted by atomic mass is 9.75. The molecule has 1 aromatic rings. The molecule has 33 heavy (non-hydrogen) atoms. The fraction of sp³-hybridized carbons (Fsp3) is 0.714. The second-order valence-electron chi connectivity index (χ2n) is 10.4. The zero-order valence-corrected chi connectivity index (χ0v) is 20.1. The molecular formula is C28H40F2O3. The van der Waals surface area contributed by atoms with Gasteiger partial charge in [0.15, 0.2) is 12.0 Å². The van der Waals surface area contributed by atoms with E-state index in [0.717, 1.165) is 31.6 Å². The van der Waals surface area contributed by atoms with Crippen molar-refractivity contribution in [3.63, 3.8) is 0 Å². The van der Waals surface area contributed by atoms with Gasteiger partial charge in [-0.2, -0.15) is 0 Å². The van der Waals surface area contributed by atoms with Gasteiger partial charge in [0, 0.05) is 11.5 Å². The van der Waals surface area contributed by atoms with Crippen LogP contribution in [0.1, 0.15) is 94.5 Å². The lowest BCUT2D eigenvalue weighted by Crippen LogP contribution is -2.41. The summed E-state index contributed by atoms with van der Waals surface area (Å²) in [6.07, 6.45) is 12.2. The molecule has 2 atom stereocenters. The number of halogens is 2. The van der Waals surface area contributed by atoms with Crippen LogP contribution in [-0.4, -0.2) is 31.6 Å². The number of rotatable bonds is 8. The van der Waals surface area contributed by atoms with Crippen molar-refractivity contribution in [2.24, 2.45) is 11.8 Å². The molecule has 0 spiro atoms. The molecule has 2 heterocycles. The third-order valence-electron chi connectivity index (χ3n) is 7.93. The minimum Gasteiger partial charge on any atom is -0.377 e. The Kier molecular flexibility index (Phi) is 8.59. The van der Waals surface area contributed by atoms with Crippen LogP contribution in [0.2, 0.25) is 0 Å². The normalized spacial score (nSPS) is 35.3. The van der Waals surface area contributed by atoms with Gasteiger partial charge in [0.05, 0.1) is 25.9 Å². The van der Waals surface area contributed by atoms with Crippen molar-refractivity contribution in [1.29, 1.82) is 0 Å². The van der Waals surface area contributed by atoms with E-state index in [1.54, 1.807) is 0 Å². The van der Waals surface area contributed by atoms with E-state index in [-0.39, 0.29) is 24.9 Å². The van der Waals surface area contributed by atoms with Crippen LogP contribution in [0.3, 0.4) is 0 Å². The Morgan fingerprint density at radius 2 is 1.82 bits per heavy atom. The molecule has 2 saturated heterocycles. The highest BCUT2D eigenvalue weighted by atomic mass is 19.1. The van der Waals surface area contributed by atoms with Crippen molar-refractivity contribution >= 4 is 0 Å². The van der Waals surface area contributed by atoms with Gasteiger partial charge < -0.3 is 14.2 Å². The highest BCUT2D eigenvalue weighted by molar-refractivity contribution is 5.28. The molecule has 2 unspecified atom stereocenters. The molecule has 184 valence electrons. The molecule has 4 rings (SSSR count). The van der Waals surface area contributed by atoms with Crippen molar-refractivity contribution in [3.05, 3.63) is 47.8 Å². The highest BCUT2D eigenvalue weighted by Crippen LogP contribution is 2.40. The fourth-order valence-electron chi connectivity index (χ4n) is 5.94. The smallest absolute Gasteiger partial charge is 0.184 e. The molecule has 5 heteroatoms. The molecule has 0 N–H and O–H groups in total. The van der Waals surface area contributed by atoms with Crippen LogP contribution in [0.4, 0.5) is 8.78 Å². The summed E-state index contributed by atoms with van der Waals surface area (Å²) in [4.78, 5) is 0. The van der Waals surface area contributed by atoms with E-state index >= 15 is 4.39 Å². The predicted octanol–water partition coefficient (Wildman–Crippen LogP) is 7.41. The molecule has 2 aliphatic heterocycles. The van der Waals surface area contributed by atoms with Crippen LogP contribution in [-0.2, 0) is 14.2 Å². The van der Waals surface area contributed by atoms with Crippen molar-refractivity contribution in [2.45, 2.75) is 95.1 Å². The third-order valence-corrected chi connectivity index (χ3v) is 7.93. The van der Waals surface area contributed by atoms with Gasteiger partial charge in [-0.3, -0.25) is 0 Å². The van der Waals surface area contributed by atoms with Gasteiger partial charge in [-0.1, -0.05) is 44.4 Å². The van der Waals surface area contributed by atoms with Gasteiger partial charge in [0.25, 0.3) is 0 Å². The van der Waals surface area contributed by atoms with E-state index in [2.05, 4.69) is 6.58 Å². The lowest BCUT2D eigenvalue weighted by Gasteiger charge is -2.38. The molecule has 0 amide bonds. The van der Waals surface area contributed by atoms with Gasteiger partial charge >= 0.3 is 0 Å². The first kappa shape index (κ1) is 24.8. The summed E-state index contributed by atoms with van der Waals surface area (Å²) in [5.41, 5.74) is -0.130. The van der Waals surface area contributed by atoms with Crippen LogP contribution >= 0.6 is 0 Å². The first-order valence-electron chi connectivity index (χ1n) is 13.0. The standard InChI is InChI=1S/C28H40F2O3/c1-3-5-6-20-7-9-21(10-8-20)26-14-12-23(17-31-26)24-13-11-22(16-25(24)29)27-32-18-28(30,15-4-2)19-33-27/h3,11,13,16,20-21,23,26-27H,1,4-10,12,14-15,17-19H2,2H3. The Balaban J connectivity index is 1.27. The van der Waals surface area contributed by atoms with Crippen LogP contribution in [0.25, 0.3) is 0 Å². The maximum absolute atomic E-state index is 15.0. The number of hydrogen-bond acceptors (Lipinski definition) is 3. The first-order valence-corrected chi connectivity index (χ1v) is 13.0. The summed E-state index contributed by atoms with van der Waals surface area (Å²) in [6, 6.07) is 5.17. The van der Waals surface area contributed by atoms with E-state index in [1.165, 1.54) is 38.2 Å². The van der Waals surface area contributed by atoms with Gasteiger partial charge in [-0.15, -0.1) is 6.58 Å². The summed E-state index contributed by atoms with van der Waals surface area (Å²) in [5.74, 6) is 1.32. The Morgan fingerprint density at radius 3 is 2.42 bits per heavy atom. The van der Waals surface area contributed by atoms with Crippen LogP contribution in [0.5, 0.6) is 0 Å². The lowest BCUT2D eigenvalue weighted by molar-refractivity contribution is -0.239. The molecular weight excluding hydrogens is 422 g/mol. The Labute approximate surface area is 197 Å². The monoisotopic (exact) mass is 462 g/mol. The quantitative estimate of drug-likeness (QED) is 0.376. The molecule has 0 bridgehead atoms.